The van der Waals surface area contributed by atoms with Crippen LogP contribution < -0.4 is 4.74 Å². The number of halogens is 1. The standard InChI is InChI=1S/C25H27FN4O3/c1-32-18-13-30(14-18)24(31)15-29-9-6-16(7-10-29)22-12-21-19(5-8-27-25(21)28-22)20-11-17(26)3-4-23(20)33-2/h3-6,8,11-12,18H,7,9-10,13-15H2,1-2H3,(H,27,28). The highest BCUT2D eigenvalue weighted by atomic mass is 19.1. The molecule has 0 radical (unpaired) electrons. The number of fused-ring (bicyclic) bond motifs is 1. The Hall–Kier alpha value is -3.23. The molecule has 0 unspecified atom stereocenters. The van der Waals surface area contributed by atoms with Crippen molar-refractivity contribution in [2.75, 3.05) is 46.9 Å². The summed E-state index contributed by atoms with van der Waals surface area (Å²) in [6.45, 7) is 3.33. The number of carbonyl (C=O) groups is 1. The number of ether oxygens (including phenoxy) is 2. The number of methoxy groups -OCH3 is 2. The van der Waals surface area contributed by atoms with E-state index in [0.29, 0.717) is 30.9 Å². The SMILES string of the molecule is COc1ccc(F)cc1-c1ccnc2[nH]c(C3=CCN(CC(=O)N4CC(OC)C4)CC3)cc12. The summed E-state index contributed by atoms with van der Waals surface area (Å²) in [4.78, 5) is 24.3. The van der Waals surface area contributed by atoms with Gasteiger partial charge in [0.05, 0.1) is 19.8 Å². The van der Waals surface area contributed by atoms with Crippen LogP contribution in [0.5, 0.6) is 5.75 Å². The third-order valence-corrected chi connectivity index (χ3v) is 6.52. The largest absolute Gasteiger partial charge is 0.496 e. The minimum atomic E-state index is -0.313. The lowest BCUT2D eigenvalue weighted by Crippen LogP contribution is -2.56. The Balaban J connectivity index is 1.34. The lowest BCUT2D eigenvalue weighted by atomic mass is 10.0. The average molecular weight is 451 g/mol. The number of rotatable bonds is 6. The molecule has 1 saturated heterocycles. The number of likely N-dealkylation sites (tertiary alicyclic amines) is 1. The molecule has 0 aliphatic carbocycles. The Morgan fingerprint density at radius 2 is 2.06 bits per heavy atom. The second-order valence-corrected chi connectivity index (χ2v) is 8.52. The van der Waals surface area contributed by atoms with Crippen LogP contribution in [-0.2, 0) is 9.53 Å². The van der Waals surface area contributed by atoms with Gasteiger partial charge in [-0.3, -0.25) is 9.69 Å². The number of nitrogens with zero attached hydrogens (tertiary/aromatic N) is 3. The van der Waals surface area contributed by atoms with Gasteiger partial charge < -0.3 is 19.4 Å². The molecule has 172 valence electrons. The van der Waals surface area contributed by atoms with E-state index in [1.54, 1.807) is 26.5 Å². The van der Waals surface area contributed by atoms with Gasteiger partial charge in [-0.2, -0.15) is 0 Å². The molecular formula is C25H27FN4O3. The minimum Gasteiger partial charge on any atom is -0.496 e. The molecular weight excluding hydrogens is 423 g/mol. The second-order valence-electron chi connectivity index (χ2n) is 8.52. The topological polar surface area (TPSA) is 70.7 Å². The molecule has 1 amide bonds. The fourth-order valence-electron chi connectivity index (χ4n) is 4.51. The fourth-order valence-corrected chi connectivity index (χ4v) is 4.51. The molecule has 0 saturated carbocycles. The number of aromatic nitrogens is 2. The van der Waals surface area contributed by atoms with Crippen molar-refractivity contribution in [3.63, 3.8) is 0 Å². The molecule has 3 aromatic rings. The van der Waals surface area contributed by atoms with Gasteiger partial charge in [0.1, 0.15) is 17.2 Å². The maximum Gasteiger partial charge on any atom is 0.236 e. The molecule has 1 aromatic carbocycles. The highest BCUT2D eigenvalue weighted by Crippen LogP contribution is 2.36. The van der Waals surface area contributed by atoms with E-state index in [9.17, 15) is 9.18 Å². The molecule has 0 atom stereocenters. The van der Waals surface area contributed by atoms with E-state index < -0.39 is 0 Å². The number of pyridine rings is 1. The molecule has 5 rings (SSSR count). The summed E-state index contributed by atoms with van der Waals surface area (Å²) in [5, 5.41) is 0.917. The van der Waals surface area contributed by atoms with E-state index >= 15 is 0 Å². The van der Waals surface area contributed by atoms with Crippen molar-refractivity contribution in [3.05, 3.63) is 54.1 Å². The second kappa shape index (κ2) is 8.96. The van der Waals surface area contributed by atoms with Gasteiger partial charge in [0.25, 0.3) is 0 Å². The first-order chi connectivity index (χ1) is 16.1. The van der Waals surface area contributed by atoms with Crippen molar-refractivity contribution in [1.82, 2.24) is 19.8 Å². The van der Waals surface area contributed by atoms with Gasteiger partial charge in [-0.25, -0.2) is 9.37 Å². The van der Waals surface area contributed by atoms with E-state index in [2.05, 4.69) is 27.0 Å². The number of hydrogen-bond donors (Lipinski definition) is 1. The molecule has 2 aliphatic rings. The third kappa shape index (κ3) is 4.24. The summed E-state index contributed by atoms with van der Waals surface area (Å²) in [6, 6.07) is 8.47. The summed E-state index contributed by atoms with van der Waals surface area (Å²) in [6.07, 6.45) is 4.89. The molecule has 0 bridgehead atoms. The van der Waals surface area contributed by atoms with Gasteiger partial charge in [0.2, 0.25) is 5.91 Å². The molecule has 8 heteroatoms. The highest BCUT2D eigenvalue weighted by Gasteiger charge is 2.31. The number of H-pyrrole nitrogens is 1. The van der Waals surface area contributed by atoms with Crippen LogP contribution in [0, 0.1) is 5.82 Å². The van der Waals surface area contributed by atoms with Crippen LogP contribution in [-0.4, -0.2) is 78.7 Å². The van der Waals surface area contributed by atoms with Gasteiger partial charge in [-0.05, 0) is 47.9 Å². The first-order valence-electron chi connectivity index (χ1n) is 11.1. The van der Waals surface area contributed by atoms with Crippen LogP contribution in [0.2, 0.25) is 0 Å². The Bertz CT molecular complexity index is 1220. The van der Waals surface area contributed by atoms with Gasteiger partial charge in [-0.15, -0.1) is 0 Å². The van der Waals surface area contributed by atoms with Crippen molar-refractivity contribution in [1.29, 1.82) is 0 Å². The van der Waals surface area contributed by atoms with Crippen LogP contribution >= 0.6 is 0 Å². The zero-order valence-corrected chi connectivity index (χ0v) is 18.8. The van der Waals surface area contributed by atoms with E-state index in [4.69, 9.17) is 9.47 Å². The summed E-state index contributed by atoms with van der Waals surface area (Å²) in [5.41, 5.74) is 4.50. The molecule has 2 aliphatic heterocycles. The van der Waals surface area contributed by atoms with Gasteiger partial charge >= 0.3 is 0 Å². The quantitative estimate of drug-likeness (QED) is 0.624. The van der Waals surface area contributed by atoms with E-state index in [0.717, 1.165) is 41.8 Å². The Kier molecular flexibility index (Phi) is 5.86. The van der Waals surface area contributed by atoms with Crippen LogP contribution in [0.25, 0.3) is 27.7 Å². The molecule has 0 spiro atoms. The lowest BCUT2D eigenvalue weighted by Gasteiger charge is -2.39. The average Bonchev–Trinajstić information content (AvgIpc) is 3.23. The van der Waals surface area contributed by atoms with E-state index in [-0.39, 0.29) is 17.8 Å². The van der Waals surface area contributed by atoms with Crippen LogP contribution in [0.1, 0.15) is 12.1 Å². The van der Waals surface area contributed by atoms with Crippen molar-refractivity contribution < 1.29 is 18.7 Å². The van der Waals surface area contributed by atoms with E-state index in [1.807, 2.05) is 11.0 Å². The summed E-state index contributed by atoms with van der Waals surface area (Å²) in [5.74, 6) is 0.457. The van der Waals surface area contributed by atoms with Crippen molar-refractivity contribution >= 4 is 22.5 Å². The molecule has 33 heavy (non-hydrogen) atoms. The Morgan fingerprint density at radius 3 is 2.79 bits per heavy atom. The zero-order valence-electron chi connectivity index (χ0n) is 18.8. The normalized spacial score (nSPS) is 17.2. The predicted octanol–water partition coefficient (Wildman–Crippen LogP) is 3.32. The Labute approximate surface area is 191 Å². The maximum absolute atomic E-state index is 14.0. The number of nitrogens with one attached hydrogen (secondary N) is 1. The van der Waals surface area contributed by atoms with Crippen molar-refractivity contribution in [2.45, 2.75) is 12.5 Å². The molecule has 7 nitrogen and oxygen atoms in total. The molecule has 2 aromatic heterocycles. The number of amides is 1. The van der Waals surface area contributed by atoms with Gasteiger partial charge in [0.15, 0.2) is 0 Å². The Morgan fingerprint density at radius 1 is 1.21 bits per heavy atom. The number of benzene rings is 1. The summed E-state index contributed by atoms with van der Waals surface area (Å²) < 4.78 is 24.7. The molecule has 4 heterocycles. The minimum absolute atomic E-state index is 0.156. The van der Waals surface area contributed by atoms with Crippen LogP contribution in [0.15, 0.2) is 42.6 Å². The maximum atomic E-state index is 14.0. The number of aromatic amines is 1. The zero-order chi connectivity index (χ0) is 22.9. The summed E-state index contributed by atoms with van der Waals surface area (Å²) >= 11 is 0. The van der Waals surface area contributed by atoms with Crippen LogP contribution in [0.4, 0.5) is 4.39 Å². The third-order valence-electron chi connectivity index (χ3n) is 6.52. The lowest BCUT2D eigenvalue weighted by molar-refractivity contribution is -0.144. The molecule has 1 fully saturated rings. The fraction of sp³-hybridized carbons (Fsp3) is 0.360. The smallest absolute Gasteiger partial charge is 0.236 e. The van der Waals surface area contributed by atoms with Gasteiger partial charge in [0, 0.05) is 56.1 Å². The number of carbonyl (C=O) groups excluding carboxylic acids is 1. The number of hydrogen-bond acceptors (Lipinski definition) is 5. The van der Waals surface area contributed by atoms with Crippen molar-refractivity contribution in [3.8, 4) is 16.9 Å². The predicted molar refractivity (Wildman–Crippen MR) is 124 cm³/mol. The van der Waals surface area contributed by atoms with E-state index in [1.165, 1.54) is 17.7 Å². The first-order valence-corrected chi connectivity index (χ1v) is 11.1. The monoisotopic (exact) mass is 450 g/mol. The first kappa shape index (κ1) is 21.6. The van der Waals surface area contributed by atoms with Crippen molar-refractivity contribution in [2.24, 2.45) is 0 Å². The molecule has 1 N–H and O–H groups in total. The van der Waals surface area contributed by atoms with Gasteiger partial charge in [-0.1, -0.05) is 6.08 Å². The van der Waals surface area contributed by atoms with Crippen LogP contribution in [0.3, 0.4) is 0 Å². The highest BCUT2D eigenvalue weighted by molar-refractivity contribution is 5.96. The summed E-state index contributed by atoms with van der Waals surface area (Å²) in [7, 11) is 3.26.